The molecular formula is C20H31N5S. The molecule has 6 heteroatoms. The number of thiazole rings is 1. The molecule has 1 heterocycles. The van der Waals surface area contributed by atoms with Crippen LogP contribution < -0.4 is 10.6 Å². The first-order valence-electron chi connectivity index (χ1n) is 9.02. The van der Waals surface area contributed by atoms with Gasteiger partial charge in [-0.3, -0.25) is 4.99 Å². The van der Waals surface area contributed by atoms with Crippen LogP contribution in [0.2, 0.25) is 0 Å². The van der Waals surface area contributed by atoms with Crippen LogP contribution in [0, 0.1) is 6.92 Å². The van der Waals surface area contributed by atoms with E-state index in [2.05, 4.69) is 90.0 Å². The Labute approximate surface area is 161 Å². The highest BCUT2D eigenvalue weighted by Gasteiger charge is 2.14. The topological polar surface area (TPSA) is 52.6 Å². The quantitative estimate of drug-likeness (QED) is 0.576. The minimum absolute atomic E-state index is 0.279. The molecule has 0 saturated carbocycles. The zero-order valence-electron chi connectivity index (χ0n) is 16.7. The highest BCUT2D eigenvalue weighted by molar-refractivity contribution is 7.09. The first-order valence-corrected chi connectivity index (χ1v) is 9.90. The van der Waals surface area contributed by atoms with Gasteiger partial charge in [0, 0.05) is 19.0 Å². The number of rotatable bonds is 7. The first kappa shape index (κ1) is 20.4. The lowest BCUT2D eigenvalue weighted by Crippen LogP contribution is -2.41. The molecule has 0 saturated heterocycles. The molecule has 0 aliphatic rings. The Kier molecular flexibility index (Phi) is 7.60. The van der Waals surface area contributed by atoms with Crippen LogP contribution in [0.15, 0.2) is 34.6 Å². The second-order valence-corrected chi connectivity index (χ2v) is 7.96. The number of likely N-dealkylation sites (N-methyl/N-ethyl adjacent to an activating group) is 1. The molecule has 0 radical (unpaired) electrons. The molecule has 0 spiro atoms. The maximum Gasteiger partial charge on any atom is 0.191 e. The second kappa shape index (κ2) is 9.69. The van der Waals surface area contributed by atoms with Gasteiger partial charge < -0.3 is 15.5 Å². The van der Waals surface area contributed by atoms with Crippen molar-refractivity contribution in [3.63, 3.8) is 0 Å². The van der Waals surface area contributed by atoms with E-state index in [1.165, 1.54) is 11.1 Å². The molecular weight excluding hydrogens is 342 g/mol. The summed E-state index contributed by atoms with van der Waals surface area (Å²) in [5, 5.41) is 10.0. The van der Waals surface area contributed by atoms with Crippen LogP contribution in [0.4, 0.5) is 0 Å². The minimum Gasteiger partial charge on any atom is -0.354 e. The summed E-state index contributed by atoms with van der Waals surface area (Å²) in [5.41, 5.74) is 3.73. The number of aromatic nitrogens is 1. The van der Waals surface area contributed by atoms with E-state index in [9.17, 15) is 0 Å². The average molecular weight is 374 g/mol. The van der Waals surface area contributed by atoms with Crippen molar-refractivity contribution >= 4 is 17.3 Å². The molecule has 2 aromatic rings. The first-order chi connectivity index (χ1) is 12.4. The molecule has 1 atom stereocenters. The molecule has 142 valence electrons. The van der Waals surface area contributed by atoms with E-state index < -0.39 is 0 Å². The molecule has 0 aliphatic carbocycles. The van der Waals surface area contributed by atoms with Crippen molar-refractivity contribution in [2.75, 3.05) is 27.7 Å². The van der Waals surface area contributed by atoms with Gasteiger partial charge in [-0.1, -0.05) is 43.7 Å². The molecule has 2 rings (SSSR count). The van der Waals surface area contributed by atoms with E-state index in [0.29, 0.717) is 12.5 Å². The molecule has 5 nitrogen and oxygen atoms in total. The third kappa shape index (κ3) is 5.81. The lowest BCUT2D eigenvalue weighted by Gasteiger charge is -2.26. The summed E-state index contributed by atoms with van der Waals surface area (Å²) in [6.07, 6.45) is 0. The Hall–Kier alpha value is -1.92. The minimum atomic E-state index is 0.279. The Morgan fingerprint density at radius 1 is 1.19 bits per heavy atom. The van der Waals surface area contributed by atoms with Gasteiger partial charge in [0.05, 0.1) is 18.3 Å². The van der Waals surface area contributed by atoms with Crippen molar-refractivity contribution in [1.82, 2.24) is 20.5 Å². The van der Waals surface area contributed by atoms with Crippen molar-refractivity contribution in [3.8, 4) is 0 Å². The smallest absolute Gasteiger partial charge is 0.191 e. The highest BCUT2D eigenvalue weighted by atomic mass is 32.1. The zero-order chi connectivity index (χ0) is 19.1. The number of hydrogen-bond acceptors (Lipinski definition) is 4. The van der Waals surface area contributed by atoms with Gasteiger partial charge in [-0.15, -0.1) is 11.3 Å². The van der Waals surface area contributed by atoms with Crippen LogP contribution in [0.25, 0.3) is 0 Å². The fraction of sp³-hybridized carbons (Fsp3) is 0.500. The summed E-state index contributed by atoms with van der Waals surface area (Å²) in [7, 11) is 6.00. The maximum absolute atomic E-state index is 4.66. The monoisotopic (exact) mass is 373 g/mol. The average Bonchev–Trinajstić information content (AvgIpc) is 3.08. The molecule has 0 bridgehead atoms. The van der Waals surface area contributed by atoms with Crippen LogP contribution in [0.3, 0.4) is 0 Å². The molecule has 0 fully saturated rings. The Bertz CT molecular complexity index is 703. The Morgan fingerprint density at radius 2 is 1.88 bits per heavy atom. The predicted molar refractivity (Wildman–Crippen MR) is 112 cm³/mol. The van der Waals surface area contributed by atoms with E-state index in [1.54, 1.807) is 18.4 Å². The number of nitrogens with zero attached hydrogens (tertiary/aromatic N) is 3. The fourth-order valence-electron chi connectivity index (χ4n) is 2.63. The summed E-state index contributed by atoms with van der Waals surface area (Å²) in [6, 6.07) is 8.99. The lowest BCUT2D eigenvalue weighted by atomic mass is 10.0. The SMILES string of the molecule is CN=C(NCc1nc(C(C)C)cs1)NCC(c1ccc(C)cc1)N(C)C. The van der Waals surface area contributed by atoms with E-state index in [0.717, 1.165) is 23.2 Å². The van der Waals surface area contributed by atoms with Gasteiger partial charge in [-0.05, 0) is 32.5 Å². The third-order valence-electron chi connectivity index (χ3n) is 4.34. The number of nitrogens with one attached hydrogen (secondary N) is 2. The summed E-state index contributed by atoms with van der Waals surface area (Å²) in [4.78, 5) is 11.2. The van der Waals surface area contributed by atoms with Gasteiger partial charge in [0.2, 0.25) is 0 Å². The maximum atomic E-state index is 4.66. The predicted octanol–water partition coefficient (Wildman–Crippen LogP) is 3.54. The molecule has 1 aromatic carbocycles. The molecule has 1 unspecified atom stereocenters. The largest absolute Gasteiger partial charge is 0.354 e. The van der Waals surface area contributed by atoms with Crippen LogP contribution in [-0.4, -0.2) is 43.5 Å². The van der Waals surface area contributed by atoms with Crippen molar-refractivity contribution in [1.29, 1.82) is 0 Å². The lowest BCUT2D eigenvalue weighted by molar-refractivity contribution is 0.298. The molecule has 2 N–H and O–H groups in total. The van der Waals surface area contributed by atoms with Crippen LogP contribution >= 0.6 is 11.3 Å². The standard InChI is InChI=1S/C20H31N5S/c1-14(2)17-13-26-19(24-17)12-23-20(21-4)22-11-18(25(5)6)16-9-7-15(3)8-10-16/h7-10,13-14,18H,11-12H2,1-6H3,(H2,21,22,23). The van der Waals surface area contributed by atoms with Gasteiger partial charge in [0.15, 0.2) is 5.96 Å². The number of guanidine groups is 1. The van der Waals surface area contributed by atoms with Crippen LogP contribution in [0.1, 0.15) is 47.6 Å². The Balaban J connectivity index is 1.92. The van der Waals surface area contributed by atoms with Crippen LogP contribution in [-0.2, 0) is 6.54 Å². The van der Waals surface area contributed by atoms with E-state index in [-0.39, 0.29) is 6.04 Å². The number of aryl methyl sites for hydroxylation is 1. The van der Waals surface area contributed by atoms with Gasteiger partial charge in [0.1, 0.15) is 5.01 Å². The van der Waals surface area contributed by atoms with Crippen molar-refractivity contribution in [3.05, 3.63) is 51.5 Å². The normalized spacial score (nSPS) is 13.3. The summed E-state index contributed by atoms with van der Waals surface area (Å²) < 4.78 is 0. The fourth-order valence-corrected chi connectivity index (χ4v) is 3.53. The van der Waals surface area contributed by atoms with E-state index in [1.807, 2.05) is 0 Å². The summed E-state index contributed by atoms with van der Waals surface area (Å²) in [5.74, 6) is 1.26. The third-order valence-corrected chi connectivity index (χ3v) is 5.21. The van der Waals surface area contributed by atoms with Crippen molar-refractivity contribution < 1.29 is 0 Å². The Morgan fingerprint density at radius 3 is 2.42 bits per heavy atom. The number of benzene rings is 1. The van der Waals surface area contributed by atoms with Crippen molar-refractivity contribution in [2.24, 2.45) is 4.99 Å². The van der Waals surface area contributed by atoms with Gasteiger partial charge in [-0.2, -0.15) is 0 Å². The summed E-state index contributed by atoms with van der Waals surface area (Å²) in [6.45, 7) is 7.92. The van der Waals surface area contributed by atoms with Gasteiger partial charge >= 0.3 is 0 Å². The van der Waals surface area contributed by atoms with Crippen LogP contribution in [0.5, 0.6) is 0 Å². The van der Waals surface area contributed by atoms with Gasteiger partial charge in [0.25, 0.3) is 0 Å². The molecule has 0 amide bonds. The van der Waals surface area contributed by atoms with Crippen molar-refractivity contribution in [2.45, 2.75) is 39.3 Å². The van der Waals surface area contributed by atoms with E-state index in [4.69, 9.17) is 0 Å². The number of aliphatic imine (C=N–C) groups is 1. The van der Waals surface area contributed by atoms with Gasteiger partial charge in [-0.25, -0.2) is 4.98 Å². The van der Waals surface area contributed by atoms with E-state index >= 15 is 0 Å². The highest BCUT2D eigenvalue weighted by Crippen LogP contribution is 2.18. The number of hydrogen-bond donors (Lipinski definition) is 2. The molecule has 1 aromatic heterocycles. The zero-order valence-corrected chi connectivity index (χ0v) is 17.5. The summed E-state index contributed by atoms with van der Waals surface area (Å²) >= 11 is 1.69. The molecule has 0 aliphatic heterocycles. The molecule has 26 heavy (non-hydrogen) atoms. The second-order valence-electron chi connectivity index (χ2n) is 7.02.